The van der Waals surface area contributed by atoms with E-state index in [1.54, 1.807) is 5.82 Å². The van der Waals surface area contributed by atoms with Gasteiger partial charge in [-0.15, -0.1) is 0 Å². The van der Waals surface area contributed by atoms with Gasteiger partial charge in [-0.25, -0.2) is 9.55 Å². The smallest absolute Gasteiger partial charge is 0.247 e. The van der Waals surface area contributed by atoms with Gasteiger partial charge in [0.15, 0.2) is 0 Å². The maximum absolute atomic E-state index is 3.78. The molecule has 0 bridgehead atoms. The molecule has 0 aliphatic carbocycles. The lowest BCUT2D eigenvalue weighted by Crippen LogP contribution is -2.41. The Morgan fingerprint density at radius 2 is 0.615 bits per heavy atom. The number of nitrogens with zero attached hydrogens (tertiary/aromatic N) is 1. The predicted molar refractivity (Wildman–Crippen MR) is 235 cm³/mol. The Balaban J connectivity index is 2.33. The molecule has 0 amide bonds. The normalized spacial score (nSPS) is 12.9. The number of unbranched alkanes of at least 4 members (excludes halogenated alkanes) is 35. The van der Waals surface area contributed by atoms with E-state index >= 15 is 0 Å². The van der Waals surface area contributed by atoms with Crippen molar-refractivity contribution in [2.24, 2.45) is 0 Å². The van der Waals surface area contributed by atoms with Crippen molar-refractivity contribution in [2.75, 3.05) is 0 Å². The fraction of sp³-hybridized carbons (Fsp3) is 0.940. The highest BCUT2D eigenvalue weighted by Gasteiger charge is 2.25. The fourth-order valence-electron chi connectivity index (χ4n) is 8.73. The Bertz CT molecular complexity index is 798. The summed E-state index contributed by atoms with van der Waals surface area (Å²) in [7, 11) is 0. The Morgan fingerprint density at radius 3 is 0.904 bits per heavy atom. The highest BCUT2D eigenvalue weighted by molar-refractivity contribution is 4.90. The number of imidazole rings is 1. The lowest BCUT2D eigenvalue weighted by molar-refractivity contribution is -0.727. The van der Waals surface area contributed by atoms with Crippen LogP contribution in [0.25, 0.3) is 0 Å². The van der Waals surface area contributed by atoms with Crippen molar-refractivity contribution in [1.29, 1.82) is 0 Å². The second-order valence-electron chi connectivity index (χ2n) is 17.5. The lowest BCUT2D eigenvalue weighted by atomic mass is 9.92. The van der Waals surface area contributed by atoms with Gasteiger partial charge in [-0.1, -0.05) is 258 Å². The Labute approximate surface area is 329 Å². The van der Waals surface area contributed by atoms with Gasteiger partial charge in [-0.3, -0.25) is 0 Å². The van der Waals surface area contributed by atoms with Crippen LogP contribution in [0.15, 0.2) is 12.4 Å². The van der Waals surface area contributed by atoms with Crippen LogP contribution in [-0.2, 0) is 0 Å². The minimum absolute atomic E-state index is 0.616. The zero-order chi connectivity index (χ0) is 37.4. The molecule has 2 atom stereocenters. The number of rotatable bonds is 43. The highest BCUT2D eigenvalue weighted by Crippen LogP contribution is 2.28. The van der Waals surface area contributed by atoms with Crippen LogP contribution < -0.4 is 4.57 Å². The SMILES string of the molecule is CCCCCCCCCCCCCCCCCCC(CCCCCCCCCCC)c1[nH]cc[n+]1C(C)CCCCCCCCCCCCCCC. The fourth-order valence-corrected chi connectivity index (χ4v) is 8.73. The van der Waals surface area contributed by atoms with Gasteiger partial charge in [-0.05, 0) is 32.6 Å². The van der Waals surface area contributed by atoms with Crippen LogP contribution in [0.1, 0.15) is 309 Å². The van der Waals surface area contributed by atoms with Crippen LogP contribution >= 0.6 is 0 Å². The molecule has 0 radical (unpaired) electrons. The van der Waals surface area contributed by atoms with Crippen LogP contribution in [-0.4, -0.2) is 4.98 Å². The van der Waals surface area contributed by atoms with E-state index in [9.17, 15) is 0 Å². The first-order chi connectivity index (χ1) is 25.7. The molecule has 2 unspecified atom stereocenters. The molecule has 0 fully saturated rings. The van der Waals surface area contributed by atoms with E-state index in [2.05, 4.69) is 49.6 Å². The molecule has 2 heteroatoms. The van der Waals surface area contributed by atoms with Gasteiger partial charge < -0.3 is 0 Å². The molecule has 308 valence electrons. The molecule has 1 rings (SSSR count). The van der Waals surface area contributed by atoms with E-state index in [4.69, 9.17) is 0 Å². The Morgan fingerprint density at radius 1 is 0.365 bits per heavy atom. The standard InChI is InChI=1S/C50H98N2/c1-5-8-11-14-17-20-22-24-25-26-28-30-33-36-39-42-45-49(44-41-38-35-31-19-16-13-10-7-3)50-51-46-47-52(50)48(4)43-40-37-34-32-29-27-23-21-18-15-12-9-6-2/h46-49H,5-45H2,1-4H3/p+1. The van der Waals surface area contributed by atoms with E-state index in [1.807, 2.05) is 0 Å². The molecule has 1 heterocycles. The first-order valence-corrected chi connectivity index (χ1v) is 24.8. The number of H-pyrrole nitrogens is 1. The molecule has 0 spiro atoms. The average Bonchev–Trinajstić information content (AvgIpc) is 3.65. The van der Waals surface area contributed by atoms with E-state index in [0.29, 0.717) is 12.0 Å². The zero-order valence-electron chi connectivity index (χ0n) is 36.7. The number of hydrogen-bond donors (Lipinski definition) is 1. The summed E-state index contributed by atoms with van der Waals surface area (Å²) in [5, 5.41) is 0. The minimum atomic E-state index is 0.616. The van der Waals surface area contributed by atoms with Crippen LogP contribution in [0, 0.1) is 0 Å². The molecular formula is C50H99N2+. The summed E-state index contributed by atoms with van der Waals surface area (Å²) in [6.07, 6.45) is 63.6. The van der Waals surface area contributed by atoms with E-state index < -0.39 is 0 Å². The summed E-state index contributed by atoms with van der Waals surface area (Å²) in [5.41, 5.74) is 0. The first kappa shape index (κ1) is 49.2. The molecule has 0 saturated heterocycles. The van der Waals surface area contributed by atoms with Crippen molar-refractivity contribution in [3.05, 3.63) is 18.2 Å². The van der Waals surface area contributed by atoms with Gasteiger partial charge in [0, 0.05) is 0 Å². The number of nitrogens with one attached hydrogen (secondary N) is 1. The van der Waals surface area contributed by atoms with Crippen LogP contribution in [0.3, 0.4) is 0 Å². The maximum Gasteiger partial charge on any atom is 0.257 e. The zero-order valence-corrected chi connectivity index (χ0v) is 36.7. The van der Waals surface area contributed by atoms with Crippen LogP contribution in [0.5, 0.6) is 0 Å². The third kappa shape index (κ3) is 30.5. The van der Waals surface area contributed by atoms with Crippen molar-refractivity contribution in [1.82, 2.24) is 4.98 Å². The topological polar surface area (TPSA) is 19.7 Å². The van der Waals surface area contributed by atoms with Gasteiger partial charge in [0.25, 0.3) is 5.82 Å². The number of aromatic nitrogens is 2. The molecule has 1 aromatic rings. The van der Waals surface area contributed by atoms with Crippen molar-refractivity contribution in [3.8, 4) is 0 Å². The third-order valence-electron chi connectivity index (χ3n) is 12.4. The van der Waals surface area contributed by atoms with E-state index in [-0.39, 0.29) is 0 Å². The van der Waals surface area contributed by atoms with Crippen molar-refractivity contribution >= 4 is 0 Å². The monoisotopic (exact) mass is 728 g/mol. The summed E-state index contributed by atoms with van der Waals surface area (Å²) < 4.78 is 2.66. The molecule has 0 aliphatic heterocycles. The summed E-state index contributed by atoms with van der Waals surface area (Å²) >= 11 is 0. The molecular weight excluding hydrogens is 629 g/mol. The third-order valence-corrected chi connectivity index (χ3v) is 12.4. The molecule has 0 aliphatic rings. The molecule has 1 N–H and O–H groups in total. The molecule has 0 aromatic carbocycles. The summed E-state index contributed by atoms with van der Waals surface area (Å²) in [5.74, 6) is 2.25. The van der Waals surface area contributed by atoms with Crippen LogP contribution in [0.4, 0.5) is 0 Å². The van der Waals surface area contributed by atoms with Gasteiger partial charge in [-0.2, -0.15) is 0 Å². The van der Waals surface area contributed by atoms with Crippen molar-refractivity contribution in [3.63, 3.8) is 0 Å². The Kier molecular flexibility index (Phi) is 37.8. The predicted octanol–water partition coefficient (Wildman–Crippen LogP) is 18.0. The van der Waals surface area contributed by atoms with E-state index in [1.165, 1.54) is 263 Å². The molecule has 1 aromatic heterocycles. The summed E-state index contributed by atoms with van der Waals surface area (Å²) in [6, 6.07) is 0.616. The summed E-state index contributed by atoms with van der Waals surface area (Å²) in [4.78, 5) is 3.78. The summed E-state index contributed by atoms with van der Waals surface area (Å²) in [6.45, 7) is 9.44. The van der Waals surface area contributed by atoms with Crippen LogP contribution in [0.2, 0.25) is 0 Å². The van der Waals surface area contributed by atoms with E-state index in [0.717, 1.165) is 0 Å². The quantitative estimate of drug-likeness (QED) is 0.0510. The molecule has 2 nitrogen and oxygen atoms in total. The number of hydrogen-bond acceptors (Lipinski definition) is 0. The van der Waals surface area contributed by atoms with Crippen molar-refractivity contribution < 1.29 is 4.57 Å². The Hall–Kier alpha value is -0.790. The average molecular weight is 728 g/mol. The van der Waals surface area contributed by atoms with Gasteiger partial charge in [0.05, 0.1) is 12.0 Å². The van der Waals surface area contributed by atoms with Gasteiger partial charge in [0.2, 0.25) is 0 Å². The molecule has 52 heavy (non-hydrogen) atoms. The first-order valence-electron chi connectivity index (χ1n) is 24.8. The van der Waals surface area contributed by atoms with Gasteiger partial charge in [0.1, 0.15) is 12.4 Å². The van der Waals surface area contributed by atoms with Gasteiger partial charge >= 0.3 is 0 Å². The highest BCUT2D eigenvalue weighted by atomic mass is 15.1. The maximum atomic E-state index is 3.78. The number of aromatic amines is 1. The minimum Gasteiger partial charge on any atom is -0.247 e. The largest absolute Gasteiger partial charge is 0.257 e. The van der Waals surface area contributed by atoms with Crippen molar-refractivity contribution in [2.45, 2.75) is 303 Å². The molecule has 0 saturated carbocycles. The lowest BCUT2D eigenvalue weighted by Gasteiger charge is -2.17. The second kappa shape index (κ2) is 39.9. The second-order valence-corrected chi connectivity index (χ2v) is 17.5.